The molecule has 2 aliphatic rings. The topological polar surface area (TPSA) is 118 Å². The van der Waals surface area contributed by atoms with Crippen molar-refractivity contribution in [3.05, 3.63) is 30.0 Å². The molecule has 4 heterocycles. The van der Waals surface area contributed by atoms with Crippen molar-refractivity contribution in [3.63, 3.8) is 0 Å². The molecule has 0 radical (unpaired) electrons. The first-order valence-corrected chi connectivity index (χ1v) is 10.0. The lowest BCUT2D eigenvalue weighted by molar-refractivity contribution is 0.102. The fourth-order valence-electron chi connectivity index (χ4n) is 3.52. The molecule has 1 saturated carbocycles. The van der Waals surface area contributed by atoms with Crippen LogP contribution in [0.2, 0.25) is 0 Å². The number of carbonyl (C=O) groups excluding carboxylic acids is 1. The largest absolute Gasteiger partial charge is 0.442 e. The van der Waals surface area contributed by atoms with E-state index < -0.39 is 0 Å². The van der Waals surface area contributed by atoms with Gasteiger partial charge in [0.05, 0.1) is 42.2 Å². The molecule has 0 atom stereocenters. The van der Waals surface area contributed by atoms with Crippen molar-refractivity contribution in [2.24, 2.45) is 0 Å². The SMILES string of the molecule is Cc1oc2ncnc(NC3(C)CC3)c2c1C(=O)Nc1cnc(N2CCOCC2)nc1. The van der Waals surface area contributed by atoms with E-state index in [1.54, 1.807) is 19.3 Å². The van der Waals surface area contributed by atoms with Crippen LogP contribution in [0.4, 0.5) is 17.5 Å². The third-order valence-electron chi connectivity index (χ3n) is 5.50. The number of nitrogens with zero attached hydrogens (tertiary/aromatic N) is 5. The van der Waals surface area contributed by atoms with Crippen LogP contribution >= 0.6 is 0 Å². The van der Waals surface area contributed by atoms with Crippen molar-refractivity contribution in [1.29, 1.82) is 0 Å². The summed E-state index contributed by atoms with van der Waals surface area (Å²) in [6, 6.07) is 0. The smallest absolute Gasteiger partial charge is 0.260 e. The summed E-state index contributed by atoms with van der Waals surface area (Å²) in [7, 11) is 0. The minimum absolute atomic E-state index is 0.00334. The molecule has 1 amide bonds. The molecule has 2 fully saturated rings. The van der Waals surface area contributed by atoms with Crippen LogP contribution in [0.3, 0.4) is 0 Å². The van der Waals surface area contributed by atoms with Crippen molar-refractivity contribution in [3.8, 4) is 0 Å². The van der Waals surface area contributed by atoms with Gasteiger partial charge in [-0.2, -0.15) is 0 Å². The second kappa shape index (κ2) is 7.21. The molecule has 0 spiro atoms. The molecular formula is C20H23N7O3. The average molecular weight is 409 g/mol. The number of carbonyl (C=O) groups is 1. The van der Waals surface area contributed by atoms with E-state index in [1.165, 1.54) is 6.33 Å². The van der Waals surface area contributed by atoms with E-state index >= 15 is 0 Å². The van der Waals surface area contributed by atoms with E-state index in [0.29, 0.717) is 53.1 Å². The van der Waals surface area contributed by atoms with E-state index in [-0.39, 0.29) is 11.4 Å². The Labute approximate surface area is 173 Å². The number of rotatable bonds is 5. The maximum Gasteiger partial charge on any atom is 0.260 e. The zero-order valence-corrected chi connectivity index (χ0v) is 16.9. The molecule has 0 bridgehead atoms. The molecule has 156 valence electrons. The Morgan fingerprint density at radius 1 is 1.13 bits per heavy atom. The summed E-state index contributed by atoms with van der Waals surface area (Å²) in [5.74, 6) is 1.41. The molecular weight excluding hydrogens is 386 g/mol. The predicted molar refractivity (Wildman–Crippen MR) is 111 cm³/mol. The highest BCUT2D eigenvalue weighted by molar-refractivity contribution is 6.15. The number of morpholine rings is 1. The highest BCUT2D eigenvalue weighted by atomic mass is 16.5. The highest BCUT2D eigenvalue weighted by Gasteiger charge is 2.38. The van der Waals surface area contributed by atoms with Gasteiger partial charge in [-0.05, 0) is 26.7 Å². The van der Waals surface area contributed by atoms with Crippen LogP contribution in [-0.2, 0) is 4.74 Å². The van der Waals surface area contributed by atoms with Gasteiger partial charge >= 0.3 is 0 Å². The van der Waals surface area contributed by atoms with Crippen LogP contribution in [0.5, 0.6) is 0 Å². The van der Waals surface area contributed by atoms with Crippen LogP contribution in [0.25, 0.3) is 11.1 Å². The molecule has 0 unspecified atom stereocenters. The van der Waals surface area contributed by atoms with Crippen LogP contribution in [0.15, 0.2) is 23.1 Å². The third kappa shape index (κ3) is 3.54. The van der Waals surface area contributed by atoms with Crippen LogP contribution in [0.1, 0.15) is 35.9 Å². The molecule has 1 aliphatic heterocycles. The minimum atomic E-state index is -0.312. The van der Waals surface area contributed by atoms with Gasteiger partial charge in [0.1, 0.15) is 17.9 Å². The first kappa shape index (κ1) is 18.7. The molecule has 10 nitrogen and oxygen atoms in total. The molecule has 3 aromatic rings. The van der Waals surface area contributed by atoms with Crippen molar-refractivity contribution in [2.45, 2.75) is 32.2 Å². The van der Waals surface area contributed by atoms with Crippen molar-refractivity contribution in [2.75, 3.05) is 41.8 Å². The summed E-state index contributed by atoms with van der Waals surface area (Å²) in [6.07, 6.45) is 6.77. The number of fused-ring (bicyclic) bond motifs is 1. The molecule has 10 heteroatoms. The van der Waals surface area contributed by atoms with Crippen molar-refractivity contribution >= 4 is 34.5 Å². The summed E-state index contributed by atoms with van der Waals surface area (Å²) in [5, 5.41) is 6.87. The number of amides is 1. The Hall–Kier alpha value is -3.27. The number of hydrogen-bond acceptors (Lipinski definition) is 9. The molecule has 30 heavy (non-hydrogen) atoms. The van der Waals surface area contributed by atoms with Crippen LogP contribution in [-0.4, -0.2) is 57.7 Å². The molecule has 5 rings (SSSR count). The standard InChI is InChI=1S/C20H23N7O3/c1-12-14(15-16(26-20(2)3-4-20)23-11-24-18(15)30-12)17(28)25-13-9-21-19(22-10-13)27-5-7-29-8-6-27/h9-11H,3-8H2,1-2H3,(H,25,28)(H,23,24,26). The van der Waals surface area contributed by atoms with E-state index in [2.05, 4.69) is 42.4 Å². The first-order chi connectivity index (χ1) is 14.5. The normalized spacial score (nSPS) is 17.7. The van der Waals surface area contributed by atoms with Crippen LogP contribution in [0, 0.1) is 6.92 Å². The first-order valence-electron chi connectivity index (χ1n) is 10.0. The van der Waals surface area contributed by atoms with Gasteiger partial charge in [-0.15, -0.1) is 0 Å². The fourth-order valence-corrected chi connectivity index (χ4v) is 3.52. The third-order valence-corrected chi connectivity index (χ3v) is 5.50. The number of nitrogens with one attached hydrogen (secondary N) is 2. The Kier molecular flexibility index (Phi) is 4.50. The van der Waals surface area contributed by atoms with E-state index in [9.17, 15) is 4.79 Å². The van der Waals surface area contributed by atoms with Gasteiger partial charge in [0.25, 0.3) is 5.91 Å². The lowest BCUT2D eigenvalue weighted by atomic mass is 10.1. The summed E-state index contributed by atoms with van der Waals surface area (Å²) in [4.78, 5) is 32.4. The monoisotopic (exact) mass is 409 g/mol. The van der Waals surface area contributed by atoms with E-state index in [4.69, 9.17) is 9.15 Å². The number of furan rings is 1. The second-order valence-electron chi connectivity index (χ2n) is 7.95. The quantitative estimate of drug-likeness (QED) is 0.654. The zero-order valence-electron chi connectivity index (χ0n) is 16.9. The lowest BCUT2D eigenvalue weighted by Crippen LogP contribution is -2.37. The Morgan fingerprint density at radius 2 is 1.87 bits per heavy atom. The van der Waals surface area contributed by atoms with Gasteiger partial charge in [-0.3, -0.25) is 4.79 Å². The number of aryl methyl sites for hydroxylation is 1. The summed E-state index contributed by atoms with van der Waals surface area (Å²) >= 11 is 0. The van der Waals surface area contributed by atoms with Gasteiger partial charge in [-0.25, -0.2) is 19.9 Å². The molecule has 1 aliphatic carbocycles. The Balaban J connectivity index is 1.40. The van der Waals surface area contributed by atoms with Gasteiger partial charge in [0, 0.05) is 18.6 Å². The number of aromatic nitrogens is 4. The van der Waals surface area contributed by atoms with Gasteiger partial charge in [0.2, 0.25) is 11.7 Å². The Morgan fingerprint density at radius 3 is 2.57 bits per heavy atom. The Bertz CT molecular complexity index is 1090. The molecule has 0 aromatic carbocycles. The number of ether oxygens (including phenoxy) is 1. The number of anilines is 3. The van der Waals surface area contributed by atoms with Crippen LogP contribution < -0.4 is 15.5 Å². The number of hydrogen-bond donors (Lipinski definition) is 2. The highest BCUT2D eigenvalue weighted by Crippen LogP contribution is 2.40. The van der Waals surface area contributed by atoms with E-state index in [0.717, 1.165) is 25.9 Å². The van der Waals surface area contributed by atoms with E-state index in [1.807, 2.05) is 0 Å². The van der Waals surface area contributed by atoms with Gasteiger partial charge < -0.3 is 24.7 Å². The average Bonchev–Trinajstić information content (AvgIpc) is 3.37. The molecule has 2 N–H and O–H groups in total. The maximum absolute atomic E-state index is 13.1. The van der Waals surface area contributed by atoms with Crippen molar-refractivity contribution in [1.82, 2.24) is 19.9 Å². The lowest BCUT2D eigenvalue weighted by Gasteiger charge is -2.26. The molecule has 3 aromatic heterocycles. The summed E-state index contributed by atoms with van der Waals surface area (Å²) in [6.45, 7) is 6.69. The maximum atomic E-state index is 13.1. The zero-order chi connectivity index (χ0) is 20.7. The van der Waals surface area contributed by atoms with Crippen molar-refractivity contribution < 1.29 is 13.9 Å². The minimum Gasteiger partial charge on any atom is -0.442 e. The summed E-state index contributed by atoms with van der Waals surface area (Å²) < 4.78 is 11.1. The summed E-state index contributed by atoms with van der Waals surface area (Å²) in [5.41, 5.74) is 1.31. The molecule has 1 saturated heterocycles. The fraction of sp³-hybridized carbons (Fsp3) is 0.450. The van der Waals surface area contributed by atoms with Gasteiger partial charge in [-0.1, -0.05) is 0 Å². The predicted octanol–water partition coefficient (Wildman–Crippen LogP) is 2.37. The second-order valence-corrected chi connectivity index (χ2v) is 7.95. The van der Waals surface area contributed by atoms with Gasteiger partial charge in [0.15, 0.2) is 0 Å².